The quantitative estimate of drug-likeness (QED) is 0.426. The van der Waals surface area contributed by atoms with E-state index in [0.717, 1.165) is 29.8 Å². The van der Waals surface area contributed by atoms with Crippen molar-refractivity contribution < 1.29 is 19.7 Å². The van der Waals surface area contributed by atoms with Crippen molar-refractivity contribution in [2.45, 2.75) is 68.7 Å². The molecule has 4 aliphatic rings. The van der Waals surface area contributed by atoms with Crippen molar-refractivity contribution in [3.8, 4) is 11.5 Å². The largest absolute Gasteiger partial charge is 0.504 e. The number of ether oxygens (including phenoxy) is 1. The number of rotatable bonds is 7. The van der Waals surface area contributed by atoms with Crippen molar-refractivity contribution in [3.63, 3.8) is 0 Å². The lowest BCUT2D eigenvalue weighted by atomic mass is 9.48. The normalized spacial score (nSPS) is 31.2. The first kappa shape index (κ1) is 25.2. The minimum atomic E-state index is -1.01. The van der Waals surface area contributed by atoms with Crippen LogP contribution in [0.3, 0.4) is 0 Å². The number of carbonyl (C=O) groups excluding carboxylic acids is 1. The summed E-state index contributed by atoms with van der Waals surface area (Å²) in [4.78, 5) is 18.1. The number of aromatic hydroxyl groups is 1. The van der Waals surface area contributed by atoms with Crippen LogP contribution in [0.5, 0.6) is 11.5 Å². The van der Waals surface area contributed by atoms with Crippen LogP contribution in [0.1, 0.15) is 49.8 Å². The van der Waals surface area contributed by atoms with Gasteiger partial charge >= 0.3 is 0 Å². The molecule has 0 unspecified atom stereocenters. The molecule has 1 saturated carbocycles. The Morgan fingerprint density at radius 3 is 2.76 bits per heavy atom. The summed E-state index contributed by atoms with van der Waals surface area (Å²) in [5.41, 5.74) is 1.41. The van der Waals surface area contributed by atoms with Gasteiger partial charge in [-0.3, -0.25) is 9.69 Å². The van der Waals surface area contributed by atoms with E-state index in [4.69, 9.17) is 4.74 Å². The van der Waals surface area contributed by atoms with Gasteiger partial charge in [0.1, 0.15) is 6.10 Å². The average molecular weight is 515 g/mol. The molecule has 2 aliphatic heterocycles. The Morgan fingerprint density at radius 2 is 2.03 bits per heavy atom. The van der Waals surface area contributed by atoms with Crippen molar-refractivity contribution in [3.05, 3.63) is 77.9 Å². The number of phenolic OH excluding ortho intramolecular Hbond substituents is 1. The second-order valence-corrected chi connectivity index (χ2v) is 11.9. The Labute approximate surface area is 225 Å². The van der Waals surface area contributed by atoms with E-state index in [1.807, 2.05) is 53.5 Å². The number of nitrogens with zero attached hydrogens (tertiary/aromatic N) is 2. The second kappa shape index (κ2) is 9.28. The number of amides is 1. The monoisotopic (exact) mass is 514 g/mol. The Morgan fingerprint density at radius 1 is 1.24 bits per heavy atom. The number of hydrogen-bond acceptors (Lipinski definition) is 5. The lowest BCUT2D eigenvalue weighted by Gasteiger charge is -2.64. The van der Waals surface area contributed by atoms with Crippen LogP contribution < -0.4 is 4.74 Å². The number of carbonyl (C=O) groups is 1. The summed E-state index contributed by atoms with van der Waals surface area (Å²) >= 11 is 0. The number of piperidine rings is 1. The summed E-state index contributed by atoms with van der Waals surface area (Å²) in [6.45, 7) is 10.3. The molecule has 1 saturated heterocycles. The van der Waals surface area contributed by atoms with Crippen LogP contribution in [0.25, 0.3) is 6.08 Å². The molecule has 1 spiro atoms. The number of benzene rings is 2. The molecular weight excluding hydrogens is 476 g/mol. The first-order valence-corrected chi connectivity index (χ1v) is 13.9. The average Bonchev–Trinajstić information content (AvgIpc) is 3.26. The highest BCUT2D eigenvalue weighted by Crippen LogP contribution is 2.65. The molecule has 5 atom stereocenters. The maximum absolute atomic E-state index is 13.8. The van der Waals surface area contributed by atoms with Gasteiger partial charge in [0, 0.05) is 30.8 Å². The topological polar surface area (TPSA) is 73.2 Å². The van der Waals surface area contributed by atoms with E-state index in [1.54, 1.807) is 12.1 Å². The van der Waals surface area contributed by atoms with Gasteiger partial charge in [0.2, 0.25) is 5.91 Å². The van der Waals surface area contributed by atoms with E-state index in [1.165, 1.54) is 0 Å². The first-order chi connectivity index (χ1) is 18.3. The molecule has 200 valence electrons. The zero-order chi connectivity index (χ0) is 26.7. The predicted octanol–water partition coefficient (Wildman–Crippen LogP) is 4.30. The summed E-state index contributed by atoms with van der Waals surface area (Å²) in [7, 11) is 0. The molecule has 2 aromatic rings. The molecule has 6 nitrogen and oxygen atoms in total. The number of hydrogen-bond donors (Lipinski definition) is 2. The molecule has 0 aromatic heterocycles. The Kier molecular flexibility index (Phi) is 6.15. The molecule has 0 radical (unpaired) electrons. The smallest absolute Gasteiger partial charge is 0.246 e. The first-order valence-electron chi connectivity index (χ1n) is 13.9. The summed E-state index contributed by atoms with van der Waals surface area (Å²) in [6, 6.07) is 13.3. The van der Waals surface area contributed by atoms with Crippen molar-refractivity contribution >= 4 is 12.0 Å². The Bertz CT molecular complexity index is 1270. The molecule has 6 heteroatoms. The molecule has 2 fully saturated rings. The number of likely N-dealkylation sites (tertiary alicyclic amines) is 1. The maximum atomic E-state index is 13.8. The van der Waals surface area contributed by atoms with Crippen LogP contribution in [0, 0.1) is 5.92 Å². The summed E-state index contributed by atoms with van der Waals surface area (Å²) in [5, 5.41) is 23.5. The van der Waals surface area contributed by atoms with Crippen LogP contribution in [0.4, 0.5) is 0 Å². The van der Waals surface area contributed by atoms with E-state index < -0.39 is 17.1 Å². The zero-order valence-electron chi connectivity index (χ0n) is 22.3. The van der Waals surface area contributed by atoms with E-state index in [2.05, 4.69) is 25.3 Å². The van der Waals surface area contributed by atoms with Crippen molar-refractivity contribution in [1.29, 1.82) is 0 Å². The lowest BCUT2D eigenvalue weighted by Crippen LogP contribution is -2.78. The van der Waals surface area contributed by atoms with Gasteiger partial charge in [-0.1, -0.05) is 56.3 Å². The van der Waals surface area contributed by atoms with Crippen molar-refractivity contribution in [2.24, 2.45) is 5.92 Å². The van der Waals surface area contributed by atoms with E-state index in [0.29, 0.717) is 38.0 Å². The van der Waals surface area contributed by atoms with Crippen LogP contribution in [-0.4, -0.2) is 69.3 Å². The van der Waals surface area contributed by atoms with Crippen LogP contribution in [-0.2, 0) is 16.6 Å². The van der Waals surface area contributed by atoms with Gasteiger partial charge in [0.15, 0.2) is 11.5 Å². The third kappa shape index (κ3) is 3.57. The fourth-order valence-corrected chi connectivity index (χ4v) is 7.92. The predicted molar refractivity (Wildman–Crippen MR) is 148 cm³/mol. The highest BCUT2D eigenvalue weighted by atomic mass is 16.5. The van der Waals surface area contributed by atoms with Crippen LogP contribution in [0.15, 0.2) is 61.2 Å². The standard InChI is InChI=1S/C32H38N2O4/c1-4-17-33-18-16-31-28-23-11-12-25(35)29(28)38-30(31)24(14-15-32(31,37)26(33)19-23)34(20-21(2)3)27(36)13-10-22-8-6-5-7-9-22/h4-13,21,24,26,30,35,37H,1,14-20H2,2-3H3/t24-,26+,30-,31-,32+/m0/s1. The number of aliphatic hydroxyl groups is 1. The van der Waals surface area contributed by atoms with Gasteiger partial charge in [-0.05, 0) is 61.4 Å². The fourth-order valence-electron chi connectivity index (χ4n) is 7.92. The van der Waals surface area contributed by atoms with Gasteiger partial charge in [-0.2, -0.15) is 0 Å². The lowest BCUT2D eigenvalue weighted by molar-refractivity contribution is -0.199. The minimum absolute atomic E-state index is 0.0464. The third-order valence-corrected chi connectivity index (χ3v) is 9.37. The van der Waals surface area contributed by atoms with Crippen LogP contribution >= 0.6 is 0 Å². The van der Waals surface area contributed by atoms with Gasteiger partial charge in [-0.25, -0.2) is 0 Å². The Balaban J connectivity index is 1.43. The van der Waals surface area contributed by atoms with Gasteiger partial charge < -0.3 is 19.8 Å². The van der Waals surface area contributed by atoms with E-state index in [9.17, 15) is 15.0 Å². The molecule has 1 amide bonds. The molecule has 2 N–H and O–H groups in total. The zero-order valence-corrected chi connectivity index (χ0v) is 22.3. The summed E-state index contributed by atoms with van der Waals surface area (Å²) in [6.07, 6.45) is 7.66. The Hall–Kier alpha value is -3.09. The molecule has 38 heavy (non-hydrogen) atoms. The fraction of sp³-hybridized carbons (Fsp3) is 0.469. The molecule has 2 bridgehead atoms. The van der Waals surface area contributed by atoms with Gasteiger partial charge in [0.25, 0.3) is 0 Å². The minimum Gasteiger partial charge on any atom is -0.504 e. The second-order valence-electron chi connectivity index (χ2n) is 11.9. The SMILES string of the molecule is C=CCN1CC[C@]23c4c5ccc(O)c4O[C@H]2[C@@H](N(CC(C)C)C(=O)C=Cc2ccccc2)CC[C@@]3(O)[C@H]1C5. The third-order valence-electron chi connectivity index (χ3n) is 9.37. The molecule has 2 aromatic carbocycles. The van der Waals surface area contributed by atoms with Crippen LogP contribution in [0.2, 0.25) is 0 Å². The summed E-state index contributed by atoms with van der Waals surface area (Å²) < 4.78 is 6.69. The molecule has 2 aliphatic carbocycles. The highest BCUT2D eigenvalue weighted by Gasteiger charge is 2.73. The molecular formula is C32H38N2O4. The summed E-state index contributed by atoms with van der Waals surface area (Å²) in [5.74, 6) is 0.843. The maximum Gasteiger partial charge on any atom is 0.246 e. The van der Waals surface area contributed by atoms with E-state index in [-0.39, 0.29) is 29.7 Å². The van der Waals surface area contributed by atoms with E-state index >= 15 is 0 Å². The highest BCUT2D eigenvalue weighted by molar-refractivity contribution is 5.92. The molecule has 6 rings (SSSR count). The van der Waals surface area contributed by atoms with Crippen molar-refractivity contribution in [1.82, 2.24) is 9.80 Å². The number of phenols is 1. The van der Waals surface area contributed by atoms with Gasteiger partial charge in [-0.15, -0.1) is 6.58 Å². The van der Waals surface area contributed by atoms with Crippen molar-refractivity contribution in [2.75, 3.05) is 19.6 Å². The molecule has 2 heterocycles. The van der Waals surface area contributed by atoms with Gasteiger partial charge in [0.05, 0.1) is 17.1 Å².